The second-order valence-electron chi connectivity index (χ2n) is 5.54. The largest absolute Gasteiger partial charge is 0.481 e. The van der Waals surface area contributed by atoms with Crippen molar-refractivity contribution in [1.29, 1.82) is 0 Å². The van der Waals surface area contributed by atoms with Crippen molar-refractivity contribution in [2.75, 3.05) is 6.54 Å². The van der Waals surface area contributed by atoms with E-state index in [2.05, 4.69) is 30.2 Å². The number of aliphatic carboxylic acids is 1. The van der Waals surface area contributed by atoms with Gasteiger partial charge in [0.1, 0.15) is 0 Å². The summed E-state index contributed by atoms with van der Waals surface area (Å²) >= 11 is 1.87. The van der Waals surface area contributed by atoms with Gasteiger partial charge in [0, 0.05) is 23.4 Å². The Morgan fingerprint density at radius 2 is 2.37 bits per heavy atom. The van der Waals surface area contributed by atoms with Crippen molar-refractivity contribution in [1.82, 2.24) is 4.90 Å². The summed E-state index contributed by atoms with van der Waals surface area (Å²) in [6.45, 7) is 5.30. The summed E-state index contributed by atoms with van der Waals surface area (Å²) in [7, 11) is 0. The van der Waals surface area contributed by atoms with Gasteiger partial charge in [0.15, 0.2) is 0 Å². The van der Waals surface area contributed by atoms with Crippen LogP contribution < -0.4 is 0 Å². The van der Waals surface area contributed by atoms with E-state index < -0.39 is 5.97 Å². The summed E-state index contributed by atoms with van der Waals surface area (Å²) in [5.74, 6) is -0.691. The van der Waals surface area contributed by atoms with Gasteiger partial charge < -0.3 is 5.11 Å². The lowest BCUT2D eigenvalue weighted by Gasteiger charge is -2.37. The van der Waals surface area contributed by atoms with Crippen LogP contribution in [-0.4, -0.2) is 28.6 Å². The first-order chi connectivity index (χ1) is 9.09. The molecule has 1 aliphatic rings. The van der Waals surface area contributed by atoms with E-state index in [0.717, 1.165) is 13.0 Å². The number of hydrogen-bond donors (Lipinski definition) is 1. The predicted molar refractivity (Wildman–Crippen MR) is 78.7 cm³/mol. The van der Waals surface area contributed by atoms with Crippen LogP contribution in [-0.2, 0) is 11.2 Å². The predicted octanol–water partition coefficient (Wildman–Crippen LogP) is 3.70. The Hall–Kier alpha value is -0.870. The van der Waals surface area contributed by atoms with Gasteiger partial charge in [-0.1, -0.05) is 0 Å². The molecule has 0 spiro atoms. The molecule has 1 aromatic rings. The quantitative estimate of drug-likeness (QED) is 0.864. The van der Waals surface area contributed by atoms with Crippen molar-refractivity contribution in [3.63, 3.8) is 0 Å². The van der Waals surface area contributed by atoms with Gasteiger partial charge in [-0.25, -0.2) is 0 Å². The van der Waals surface area contributed by atoms with Crippen LogP contribution in [0.25, 0.3) is 0 Å². The molecular weight excluding hydrogens is 258 g/mol. The molecule has 0 aromatic carbocycles. The number of rotatable bonds is 6. The number of carboxylic acids is 1. The molecule has 2 rings (SSSR count). The monoisotopic (exact) mass is 281 g/mol. The fourth-order valence-electron chi connectivity index (χ4n) is 2.99. The number of aryl methyl sites for hydroxylation is 1. The Balaban J connectivity index is 2.06. The summed E-state index contributed by atoms with van der Waals surface area (Å²) in [5.41, 5.74) is 1.49. The van der Waals surface area contributed by atoms with Gasteiger partial charge >= 0.3 is 5.97 Å². The minimum absolute atomic E-state index is 0.270. The molecule has 19 heavy (non-hydrogen) atoms. The molecule has 106 valence electrons. The Bertz CT molecular complexity index is 428. The Morgan fingerprint density at radius 1 is 1.58 bits per heavy atom. The second kappa shape index (κ2) is 6.53. The molecule has 1 aliphatic carbocycles. The Kier molecular flexibility index (Phi) is 4.99. The maximum atomic E-state index is 10.7. The average Bonchev–Trinajstić information content (AvgIpc) is 2.82. The molecule has 0 amide bonds. The van der Waals surface area contributed by atoms with E-state index in [-0.39, 0.29) is 6.42 Å². The first kappa shape index (κ1) is 14.5. The molecule has 1 heterocycles. The first-order valence-electron chi connectivity index (χ1n) is 7.13. The number of thiophene rings is 1. The highest BCUT2D eigenvalue weighted by Gasteiger charge is 2.28. The minimum atomic E-state index is -0.691. The van der Waals surface area contributed by atoms with Crippen molar-refractivity contribution in [2.45, 2.75) is 58.0 Å². The van der Waals surface area contributed by atoms with Crippen LogP contribution >= 0.6 is 11.3 Å². The number of carboxylic acid groups (broad SMARTS) is 1. The second-order valence-corrected chi connectivity index (χ2v) is 6.54. The molecule has 0 bridgehead atoms. The highest BCUT2D eigenvalue weighted by atomic mass is 32.1. The maximum Gasteiger partial charge on any atom is 0.303 e. The van der Waals surface area contributed by atoms with E-state index in [1.807, 2.05) is 11.3 Å². The van der Waals surface area contributed by atoms with E-state index in [0.29, 0.717) is 12.1 Å². The molecule has 3 nitrogen and oxygen atoms in total. The molecule has 1 N–H and O–H groups in total. The third kappa shape index (κ3) is 3.57. The summed E-state index contributed by atoms with van der Waals surface area (Å²) in [6, 6.07) is 3.21. The van der Waals surface area contributed by atoms with Crippen molar-refractivity contribution in [3.8, 4) is 0 Å². The van der Waals surface area contributed by atoms with Gasteiger partial charge in [-0.15, -0.1) is 11.3 Å². The third-order valence-electron chi connectivity index (χ3n) is 3.89. The highest BCUT2D eigenvalue weighted by Crippen LogP contribution is 2.38. The maximum absolute atomic E-state index is 10.7. The fourth-order valence-corrected chi connectivity index (χ4v) is 3.97. The van der Waals surface area contributed by atoms with Gasteiger partial charge in [-0.2, -0.15) is 0 Å². The lowest BCUT2D eigenvalue weighted by Crippen LogP contribution is -2.37. The van der Waals surface area contributed by atoms with Crippen LogP contribution in [0.3, 0.4) is 0 Å². The number of carbonyl (C=O) groups is 1. The molecule has 0 fully saturated rings. The van der Waals surface area contributed by atoms with E-state index in [1.165, 1.54) is 29.7 Å². The van der Waals surface area contributed by atoms with Gasteiger partial charge in [-0.05, 0) is 63.1 Å². The SMILES string of the molecule is CC(C)N(CCCC(=O)O)C1CCCc2sccc21. The first-order valence-corrected chi connectivity index (χ1v) is 8.01. The highest BCUT2D eigenvalue weighted by molar-refractivity contribution is 7.10. The number of nitrogens with zero attached hydrogens (tertiary/aromatic N) is 1. The summed E-state index contributed by atoms with van der Waals surface area (Å²) in [5, 5.41) is 11.0. The van der Waals surface area contributed by atoms with Crippen molar-refractivity contribution < 1.29 is 9.90 Å². The molecule has 0 saturated heterocycles. The minimum Gasteiger partial charge on any atom is -0.481 e. The Morgan fingerprint density at radius 3 is 3.05 bits per heavy atom. The van der Waals surface area contributed by atoms with E-state index >= 15 is 0 Å². The molecule has 1 atom stereocenters. The zero-order valence-corrected chi connectivity index (χ0v) is 12.6. The van der Waals surface area contributed by atoms with Gasteiger partial charge in [-0.3, -0.25) is 9.69 Å². The molecule has 1 aromatic heterocycles. The summed E-state index contributed by atoms with van der Waals surface area (Å²) < 4.78 is 0. The lowest BCUT2D eigenvalue weighted by atomic mass is 9.91. The topological polar surface area (TPSA) is 40.5 Å². The molecule has 0 radical (unpaired) electrons. The molecule has 1 unspecified atom stereocenters. The van der Waals surface area contributed by atoms with E-state index in [9.17, 15) is 4.79 Å². The van der Waals surface area contributed by atoms with E-state index in [1.54, 1.807) is 0 Å². The average molecular weight is 281 g/mol. The molecular formula is C15H23NO2S. The van der Waals surface area contributed by atoms with Crippen LogP contribution in [0.5, 0.6) is 0 Å². The van der Waals surface area contributed by atoms with E-state index in [4.69, 9.17) is 5.11 Å². The fraction of sp³-hybridized carbons (Fsp3) is 0.667. The smallest absolute Gasteiger partial charge is 0.303 e. The van der Waals surface area contributed by atoms with Crippen molar-refractivity contribution in [2.24, 2.45) is 0 Å². The van der Waals surface area contributed by atoms with Crippen molar-refractivity contribution in [3.05, 3.63) is 21.9 Å². The van der Waals surface area contributed by atoms with Gasteiger partial charge in [0.25, 0.3) is 0 Å². The van der Waals surface area contributed by atoms with Crippen LogP contribution in [0, 0.1) is 0 Å². The van der Waals surface area contributed by atoms with Crippen molar-refractivity contribution >= 4 is 17.3 Å². The summed E-state index contributed by atoms with van der Waals surface area (Å²) in [6.07, 6.45) is 4.68. The van der Waals surface area contributed by atoms with Crippen LogP contribution in [0.2, 0.25) is 0 Å². The lowest BCUT2D eigenvalue weighted by molar-refractivity contribution is -0.137. The normalized spacial score (nSPS) is 18.8. The van der Waals surface area contributed by atoms with Crippen LogP contribution in [0.4, 0.5) is 0 Å². The zero-order valence-electron chi connectivity index (χ0n) is 11.8. The van der Waals surface area contributed by atoms with Gasteiger partial charge in [0.2, 0.25) is 0 Å². The number of hydrogen-bond acceptors (Lipinski definition) is 3. The third-order valence-corrected chi connectivity index (χ3v) is 4.89. The van der Waals surface area contributed by atoms with Crippen LogP contribution in [0.1, 0.15) is 56.0 Å². The standard InChI is InChI=1S/C15H23NO2S/c1-11(2)16(9-4-7-15(17)18)13-5-3-6-14-12(13)8-10-19-14/h8,10-11,13H,3-7,9H2,1-2H3,(H,17,18). The molecule has 0 saturated carbocycles. The number of fused-ring (bicyclic) bond motifs is 1. The Labute approximate surface area is 119 Å². The zero-order chi connectivity index (χ0) is 13.8. The molecule has 0 aliphatic heterocycles. The molecule has 4 heteroatoms. The summed E-state index contributed by atoms with van der Waals surface area (Å²) in [4.78, 5) is 14.7. The van der Waals surface area contributed by atoms with Gasteiger partial charge in [0.05, 0.1) is 0 Å². The van der Waals surface area contributed by atoms with Crippen LogP contribution in [0.15, 0.2) is 11.4 Å².